The van der Waals surface area contributed by atoms with Crippen LogP contribution in [-0.2, 0) is 10.0 Å². The van der Waals surface area contributed by atoms with Crippen molar-refractivity contribution >= 4 is 44.2 Å². The molecule has 2 N–H and O–H groups in total. The van der Waals surface area contributed by atoms with Crippen LogP contribution in [0.15, 0.2) is 50.5 Å². The van der Waals surface area contributed by atoms with Crippen molar-refractivity contribution in [3.8, 4) is 0 Å². The highest BCUT2D eigenvalue weighted by atomic mass is 35.5. The summed E-state index contributed by atoms with van der Waals surface area (Å²) in [6, 6.07) is 8.52. The number of carbonyl (C=O) groups is 1. The van der Waals surface area contributed by atoms with Gasteiger partial charge in [0.2, 0.25) is 0 Å². The SMILES string of the molecule is CC(=O)c1cccc(NS(=O)(=O)c2cc3oc(=O)[nH]c3cc2Cl)c1. The first kappa shape index (κ1) is 16.3. The molecule has 0 aliphatic carbocycles. The Labute approximate surface area is 141 Å². The number of halogens is 1. The molecular formula is C15H11ClN2O5S. The fourth-order valence-electron chi connectivity index (χ4n) is 2.17. The van der Waals surface area contributed by atoms with Gasteiger partial charge in [0, 0.05) is 17.3 Å². The second-order valence-corrected chi connectivity index (χ2v) is 7.09. The first-order valence-electron chi connectivity index (χ1n) is 6.72. The second kappa shape index (κ2) is 5.81. The van der Waals surface area contributed by atoms with Crippen molar-refractivity contribution in [1.29, 1.82) is 0 Å². The van der Waals surface area contributed by atoms with E-state index in [1.807, 2.05) is 0 Å². The van der Waals surface area contributed by atoms with Crippen LogP contribution < -0.4 is 10.5 Å². The number of Topliss-reactive ketones (excluding diaryl/α,β-unsaturated/α-hetero) is 1. The standard InChI is InChI=1S/C15H11ClN2O5S/c1-8(19)9-3-2-4-10(5-9)18-24(21,22)14-7-13-12(6-11(14)16)17-15(20)23-13/h2-7,18H,1H3,(H,17,20). The van der Waals surface area contributed by atoms with E-state index in [9.17, 15) is 18.0 Å². The minimum Gasteiger partial charge on any atom is -0.408 e. The van der Waals surface area contributed by atoms with Gasteiger partial charge in [0.15, 0.2) is 11.4 Å². The Morgan fingerprint density at radius 3 is 2.71 bits per heavy atom. The molecule has 0 radical (unpaired) electrons. The van der Waals surface area contributed by atoms with Crippen LogP contribution in [0.1, 0.15) is 17.3 Å². The molecule has 3 aromatic rings. The number of fused-ring (bicyclic) bond motifs is 1. The third-order valence-corrected chi connectivity index (χ3v) is 5.13. The summed E-state index contributed by atoms with van der Waals surface area (Å²) in [6.45, 7) is 1.38. The third-order valence-electron chi connectivity index (χ3n) is 3.28. The summed E-state index contributed by atoms with van der Waals surface area (Å²) in [7, 11) is -4.04. The van der Waals surface area contributed by atoms with E-state index in [4.69, 9.17) is 16.0 Å². The summed E-state index contributed by atoms with van der Waals surface area (Å²) in [4.78, 5) is 24.7. The number of nitrogens with one attached hydrogen (secondary N) is 2. The molecule has 0 bridgehead atoms. The fraction of sp³-hybridized carbons (Fsp3) is 0.0667. The molecular weight excluding hydrogens is 356 g/mol. The molecule has 0 saturated heterocycles. The lowest BCUT2D eigenvalue weighted by molar-refractivity contribution is 0.101. The van der Waals surface area contributed by atoms with Crippen LogP contribution in [0.5, 0.6) is 0 Å². The van der Waals surface area contributed by atoms with Crippen molar-refractivity contribution in [3.63, 3.8) is 0 Å². The van der Waals surface area contributed by atoms with E-state index in [1.165, 1.54) is 25.1 Å². The number of oxazole rings is 1. The molecule has 2 aromatic carbocycles. The average molecular weight is 367 g/mol. The van der Waals surface area contributed by atoms with Crippen molar-refractivity contribution in [2.75, 3.05) is 4.72 Å². The van der Waals surface area contributed by atoms with Gasteiger partial charge < -0.3 is 4.42 Å². The second-order valence-electron chi connectivity index (χ2n) is 5.04. The molecule has 1 aromatic heterocycles. The Kier molecular flexibility index (Phi) is 3.94. The van der Waals surface area contributed by atoms with Gasteiger partial charge in [0.1, 0.15) is 4.90 Å². The molecule has 9 heteroatoms. The molecule has 1 heterocycles. The molecule has 0 spiro atoms. The number of aromatic amines is 1. The first-order valence-corrected chi connectivity index (χ1v) is 8.58. The van der Waals surface area contributed by atoms with E-state index in [0.717, 1.165) is 6.07 Å². The first-order chi connectivity index (χ1) is 11.3. The summed E-state index contributed by atoms with van der Waals surface area (Å²) in [5.74, 6) is -0.901. The molecule has 0 unspecified atom stereocenters. The maximum atomic E-state index is 12.5. The Hall–Kier alpha value is -2.58. The Bertz CT molecular complexity index is 1110. The van der Waals surface area contributed by atoms with Crippen LogP contribution >= 0.6 is 11.6 Å². The van der Waals surface area contributed by atoms with Crippen molar-refractivity contribution in [3.05, 3.63) is 57.5 Å². The number of anilines is 1. The summed E-state index contributed by atoms with van der Waals surface area (Å²) >= 11 is 6.01. The molecule has 3 rings (SSSR count). The van der Waals surface area contributed by atoms with Crippen LogP contribution in [0.4, 0.5) is 5.69 Å². The van der Waals surface area contributed by atoms with Gasteiger partial charge in [-0.1, -0.05) is 23.7 Å². The smallest absolute Gasteiger partial charge is 0.408 e. The normalized spacial score (nSPS) is 11.6. The van der Waals surface area contributed by atoms with Gasteiger partial charge in [-0.15, -0.1) is 0 Å². The van der Waals surface area contributed by atoms with Gasteiger partial charge in [-0.2, -0.15) is 0 Å². The fourth-order valence-corrected chi connectivity index (χ4v) is 3.76. The van der Waals surface area contributed by atoms with Crippen molar-refractivity contribution in [2.45, 2.75) is 11.8 Å². The zero-order chi connectivity index (χ0) is 17.5. The highest BCUT2D eigenvalue weighted by molar-refractivity contribution is 7.92. The van der Waals surface area contributed by atoms with Crippen LogP contribution in [0.2, 0.25) is 5.02 Å². The van der Waals surface area contributed by atoms with Crippen LogP contribution in [0, 0.1) is 0 Å². The van der Waals surface area contributed by atoms with E-state index in [-0.39, 0.29) is 27.0 Å². The summed E-state index contributed by atoms with van der Waals surface area (Å²) < 4.78 is 32.3. The van der Waals surface area contributed by atoms with E-state index < -0.39 is 15.8 Å². The monoisotopic (exact) mass is 366 g/mol. The van der Waals surface area contributed by atoms with Crippen LogP contribution in [0.25, 0.3) is 11.1 Å². The maximum absolute atomic E-state index is 12.5. The minimum atomic E-state index is -4.04. The Balaban J connectivity index is 2.04. The number of carbonyl (C=O) groups excluding carboxylic acids is 1. The van der Waals surface area contributed by atoms with E-state index in [2.05, 4.69) is 9.71 Å². The quantitative estimate of drug-likeness (QED) is 0.690. The Morgan fingerprint density at radius 2 is 2.00 bits per heavy atom. The zero-order valence-electron chi connectivity index (χ0n) is 12.3. The lowest BCUT2D eigenvalue weighted by Gasteiger charge is -2.10. The number of aromatic nitrogens is 1. The topological polar surface area (TPSA) is 109 Å². The van der Waals surface area contributed by atoms with Crippen molar-refractivity contribution in [2.24, 2.45) is 0 Å². The highest BCUT2D eigenvalue weighted by Gasteiger charge is 2.21. The number of H-pyrrole nitrogens is 1. The maximum Gasteiger partial charge on any atom is 0.417 e. The van der Waals surface area contributed by atoms with Gasteiger partial charge in [0.05, 0.1) is 10.5 Å². The number of hydrogen-bond donors (Lipinski definition) is 2. The molecule has 0 amide bonds. The molecule has 0 atom stereocenters. The lowest BCUT2D eigenvalue weighted by atomic mass is 10.1. The van der Waals surface area contributed by atoms with Gasteiger partial charge in [-0.05, 0) is 25.1 Å². The summed E-state index contributed by atoms with van der Waals surface area (Å²) in [5.41, 5.74) is 0.951. The molecule has 124 valence electrons. The largest absolute Gasteiger partial charge is 0.417 e. The number of sulfonamides is 1. The number of ketones is 1. The van der Waals surface area contributed by atoms with Crippen molar-refractivity contribution < 1.29 is 17.6 Å². The summed E-state index contributed by atoms with van der Waals surface area (Å²) in [5, 5.41) is -0.0743. The van der Waals surface area contributed by atoms with Crippen molar-refractivity contribution in [1.82, 2.24) is 4.98 Å². The molecule has 0 saturated carbocycles. The number of rotatable bonds is 4. The molecule has 0 fully saturated rings. The number of hydrogen-bond acceptors (Lipinski definition) is 5. The van der Waals surface area contributed by atoms with Crippen LogP contribution in [-0.4, -0.2) is 19.2 Å². The summed E-state index contributed by atoms with van der Waals surface area (Å²) in [6.07, 6.45) is 0. The van der Waals surface area contributed by atoms with Gasteiger partial charge in [0.25, 0.3) is 10.0 Å². The van der Waals surface area contributed by atoms with E-state index in [0.29, 0.717) is 11.1 Å². The predicted octanol–water partition coefficient (Wildman–Crippen LogP) is 2.78. The number of benzene rings is 2. The predicted molar refractivity (Wildman–Crippen MR) is 89.1 cm³/mol. The zero-order valence-corrected chi connectivity index (χ0v) is 13.9. The average Bonchev–Trinajstić information content (AvgIpc) is 2.85. The van der Waals surface area contributed by atoms with E-state index >= 15 is 0 Å². The molecule has 24 heavy (non-hydrogen) atoms. The highest BCUT2D eigenvalue weighted by Crippen LogP contribution is 2.28. The Morgan fingerprint density at radius 1 is 1.25 bits per heavy atom. The molecule has 7 nitrogen and oxygen atoms in total. The third kappa shape index (κ3) is 3.06. The van der Waals surface area contributed by atoms with E-state index in [1.54, 1.807) is 12.1 Å². The lowest BCUT2D eigenvalue weighted by Crippen LogP contribution is -2.13. The van der Waals surface area contributed by atoms with Gasteiger partial charge in [-0.25, -0.2) is 13.2 Å². The molecule has 0 aliphatic rings. The van der Waals surface area contributed by atoms with Gasteiger partial charge >= 0.3 is 5.76 Å². The minimum absolute atomic E-state index is 0.0715. The van der Waals surface area contributed by atoms with Gasteiger partial charge in [-0.3, -0.25) is 14.5 Å². The molecule has 0 aliphatic heterocycles. The van der Waals surface area contributed by atoms with Crippen LogP contribution in [0.3, 0.4) is 0 Å².